The molecule has 1 aromatic carbocycles. The number of carbonyl (C=O) groups excluding carboxylic acids is 1. The molecule has 9 heteroatoms. The molecule has 4 aromatic rings. The van der Waals surface area contributed by atoms with Gasteiger partial charge in [-0.2, -0.15) is 4.98 Å². The number of amides is 1. The van der Waals surface area contributed by atoms with Crippen LogP contribution in [0.15, 0.2) is 42.9 Å². The van der Waals surface area contributed by atoms with Crippen molar-refractivity contribution in [1.82, 2.24) is 29.5 Å². The summed E-state index contributed by atoms with van der Waals surface area (Å²) < 4.78 is 7.49. The lowest BCUT2D eigenvalue weighted by Gasteiger charge is -2.18. The van der Waals surface area contributed by atoms with E-state index >= 15 is 0 Å². The number of ether oxygens (including phenoxy) is 1. The van der Waals surface area contributed by atoms with Crippen LogP contribution in [0.3, 0.4) is 0 Å². The molecule has 0 spiro atoms. The van der Waals surface area contributed by atoms with Gasteiger partial charge in [-0.05, 0) is 48.4 Å². The molecule has 1 amide bonds. The number of likely N-dealkylation sites (tertiary alicyclic amines) is 1. The summed E-state index contributed by atoms with van der Waals surface area (Å²) in [4.78, 5) is 27.1. The van der Waals surface area contributed by atoms with Crippen LogP contribution in [-0.4, -0.2) is 61.6 Å². The fourth-order valence-electron chi connectivity index (χ4n) is 5.42. The average Bonchev–Trinajstić information content (AvgIpc) is 3.51. The lowest BCUT2D eigenvalue weighted by atomic mass is 10.0. The van der Waals surface area contributed by atoms with Crippen molar-refractivity contribution in [2.75, 3.05) is 25.5 Å². The SMILES string of the molecule is COc1nc(NC2C[C@@H]3CN(C(C)=O)C[C@@H]3C2)nn2ccc(-c3ccc4nccnc4c3)c12. The van der Waals surface area contributed by atoms with E-state index in [1.165, 1.54) is 0 Å². The van der Waals surface area contributed by atoms with Crippen LogP contribution in [-0.2, 0) is 4.79 Å². The minimum absolute atomic E-state index is 0.175. The van der Waals surface area contributed by atoms with E-state index in [0.29, 0.717) is 29.7 Å². The lowest BCUT2D eigenvalue weighted by molar-refractivity contribution is -0.128. The van der Waals surface area contributed by atoms with Gasteiger partial charge >= 0.3 is 0 Å². The number of rotatable bonds is 4. The predicted octanol–water partition coefficient (Wildman–Crippen LogP) is 3.02. The van der Waals surface area contributed by atoms with Crippen LogP contribution in [0.25, 0.3) is 27.7 Å². The zero-order valence-electron chi connectivity index (χ0n) is 18.6. The van der Waals surface area contributed by atoms with Gasteiger partial charge in [0, 0.05) is 50.2 Å². The number of methoxy groups -OCH3 is 1. The first-order chi connectivity index (χ1) is 16.1. The van der Waals surface area contributed by atoms with Gasteiger partial charge < -0.3 is 15.0 Å². The maximum Gasteiger partial charge on any atom is 0.244 e. The van der Waals surface area contributed by atoms with Gasteiger partial charge in [0.25, 0.3) is 0 Å². The number of anilines is 1. The first-order valence-corrected chi connectivity index (χ1v) is 11.3. The Kier molecular flexibility index (Phi) is 4.63. The summed E-state index contributed by atoms with van der Waals surface area (Å²) in [7, 11) is 1.63. The Hall–Kier alpha value is -3.75. The van der Waals surface area contributed by atoms with E-state index in [4.69, 9.17) is 9.84 Å². The third-order valence-corrected chi connectivity index (χ3v) is 6.98. The Balaban J connectivity index is 1.28. The largest absolute Gasteiger partial charge is 0.479 e. The first-order valence-electron chi connectivity index (χ1n) is 11.3. The number of hydrogen-bond acceptors (Lipinski definition) is 7. The normalized spacial score (nSPS) is 22.1. The first kappa shape index (κ1) is 19.9. The number of fused-ring (bicyclic) bond motifs is 3. The van der Waals surface area contributed by atoms with Crippen molar-refractivity contribution in [3.8, 4) is 17.0 Å². The van der Waals surface area contributed by atoms with Crippen molar-refractivity contribution in [2.45, 2.75) is 25.8 Å². The summed E-state index contributed by atoms with van der Waals surface area (Å²) in [6.45, 7) is 3.37. The molecule has 33 heavy (non-hydrogen) atoms. The molecule has 1 saturated heterocycles. The number of hydrogen-bond donors (Lipinski definition) is 1. The Morgan fingerprint density at radius 3 is 2.58 bits per heavy atom. The Morgan fingerprint density at radius 1 is 1.09 bits per heavy atom. The highest BCUT2D eigenvalue weighted by Gasteiger charge is 2.41. The fourth-order valence-corrected chi connectivity index (χ4v) is 5.42. The third-order valence-electron chi connectivity index (χ3n) is 6.98. The Morgan fingerprint density at radius 2 is 1.85 bits per heavy atom. The van der Waals surface area contributed by atoms with E-state index in [1.54, 1.807) is 26.4 Å². The van der Waals surface area contributed by atoms with E-state index in [1.807, 2.05) is 39.9 Å². The lowest BCUT2D eigenvalue weighted by Crippen LogP contribution is -2.29. The Labute approximate surface area is 190 Å². The zero-order valence-corrected chi connectivity index (χ0v) is 18.6. The maximum absolute atomic E-state index is 11.7. The molecule has 0 radical (unpaired) electrons. The van der Waals surface area contributed by atoms with E-state index in [-0.39, 0.29) is 5.91 Å². The van der Waals surface area contributed by atoms with Gasteiger partial charge in [-0.3, -0.25) is 14.8 Å². The van der Waals surface area contributed by atoms with Crippen LogP contribution in [0, 0.1) is 11.8 Å². The highest BCUT2D eigenvalue weighted by molar-refractivity contribution is 5.89. The number of nitrogens with one attached hydrogen (secondary N) is 1. The zero-order chi connectivity index (χ0) is 22.5. The number of benzene rings is 1. The van der Waals surface area contributed by atoms with Crippen molar-refractivity contribution in [3.63, 3.8) is 0 Å². The Bertz CT molecular complexity index is 1350. The molecular weight excluding hydrogens is 418 g/mol. The maximum atomic E-state index is 11.7. The van der Waals surface area contributed by atoms with Gasteiger partial charge in [-0.1, -0.05) is 6.07 Å². The standard InChI is InChI=1S/C24H25N7O2/c1-14(32)30-12-16-9-18(10-17(16)13-30)27-24-28-23(33-2)22-19(5-8-31(22)29-24)15-3-4-20-21(11-15)26-7-6-25-20/h3-8,11,16-18H,9-10,12-13H2,1-2H3,(H,27,29)/t16-,17+,18?. The van der Waals surface area contributed by atoms with Crippen LogP contribution >= 0.6 is 0 Å². The van der Waals surface area contributed by atoms with Crippen molar-refractivity contribution < 1.29 is 9.53 Å². The summed E-state index contributed by atoms with van der Waals surface area (Å²) in [6, 6.07) is 8.33. The van der Waals surface area contributed by atoms with Crippen LogP contribution in [0.2, 0.25) is 0 Å². The van der Waals surface area contributed by atoms with Crippen LogP contribution in [0.5, 0.6) is 5.88 Å². The predicted molar refractivity (Wildman–Crippen MR) is 124 cm³/mol. The molecule has 2 aliphatic rings. The highest BCUT2D eigenvalue weighted by atomic mass is 16.5. The van der Waals surface area contributed by atoms with E-state index in [9.17, 15) is 4.79 Å². The van der Waals surface area contributed by atoms with Crippen molar-refractivity contribution in [1.29, 1.82) is 0 Å². The molecule has 9 nitrogen and oxygen atoms in total. The highest BCUT2D eigenvalue weighted by Crippen LogP contribution is 2.39. The van der Waals surface area contributed by atoms with Crippen LogP contribution < -0.4 is 10.1 Å². The van der Waals surface area contributed by atoms with E-state index in [2.05, 4.69) is 20.3 Å². The monoisotopic (exact) mass is 443 g/mol. The quantitative estimate of drug-likeness (QED) is 0.518. The van der Waals surface area contributed by atoms with Gasteiger partial charge in [-0.15, -0.1) is 5.10 Å². The summed E-state index contributed by atoms with van der Waals surface area (Å²) in [5.74, 6) is 2.35. The second kappa shape index (κ2) is 7.68. The average molecular weight is 444 g/mol. The molecule has 3 atom stereocenters. The third kappa shape index (κ3) is 3.44. The topological polar surface area (TPSA) is 97.5 Å². The molecule has 3 aromatic heterocycles. The molecule has 1 aliphatic carbocycles. The number of aromatic nitrogens is 5. The summed E-state index contributed by atoms with van der Waals surface area (Å²) in [5.41, 5.74) is 4.49. The molecule has 2 fully saturated rings. The second-order valence-electron chi connectivity index (χ2n) is 8.98. The van der Waals surface area contributed by atoms with Crippen molar-refractivity contribution >= 4 is 28.4 Å². The van der Waals surface area contributed by atoms with E-state index < -0.39 is 0 Å². The van der Waals surface area contributed by atoms with E-state index in [0.717, 1.165) is 53.6 Å². The smallest absolute Gasteiger partial charge is 0.244 e. The molecule has 0 bridgehead atoms. The summed E-state index contributed by atoms with van der Waals surface area (Å²) >= 11 is 0. The summed E-state index contributed by atoms with van der Waals surface area (Å²) in [6.07, 6.45) is 7.36. The van der Waals surface area contributed by atoms with Gasteiger partial charge in [0.1, 0.15) is 5.52 Å². The van der Waals surface area contributed by atoms with Gasteiger partial charge in [0.2, 0.25) is 17.7 Å². The molecule has 1 aliphatic heterocycles. The minimum Gasteiger partial charge on any atom is -0.479 e. The minimum atomic E-state index is 0.175. The van der Waals surface area contributed by atoms with Gasteiger partial charge in [-0.25, -0.2) is 4.52 Å². The van der Waals surface area contributed by atoms with Crippen LogP contribution in [0.1, 0.15) is 19.8 Å². The van der Waals surface area contributed by atoms with Gasteiger partial charge in [0.05, 0.1) is 18.1 Å². The fraction of sp³-hybridized carbons (Fsp3) is 0.375. The van der Waals surface area contributed by atoms with Crippen molar-refractivity contribution in [2.24, 2.45) is 11.8 Å². The summed E-state index contributed by atoms with van der Waals surface area (Å²) in [5, 5.41) is 8.22. The molecule has 1 unspecified atom stereocenters. The molecule has 168 valence electrons. The molecule has 1 saturated carbocycles. The number of carbonyl (C=O) groups is 1. The number of nitrogens with zero attached hydrogens (tertiary/aromatic N) is 6. The van der Waals surface area contributed by atoms with Gasteiger partial charge in [0.15, 0.2) is 0 Å². The molecule has 6 rings (SSSR count). The van der Waals surface area contributed by atoms with Crippen molar-refractivity contribution in [3.05, 3.63) is 42.9 Å². The molecule has 4 heterocycles. The second-order valence-corrected chi connectivity index (χ2v) is 8.98. The molecular formula is C24H25N7O2. The molecule has 1 N–H and O–H groups in total. The van der Waals surface area contributed by atoms with Crippen LogP contribution in [0.4, 0.5) is 5.95 Å².